The Hall–Kier alpha value is -0.0800. The first kappa shape index (κ1) is 8.52. The zero-order chi connectivity index (χ0) is 8.39. The van der Waals surface area contributed by atoms with Gasteiger partial charge in [-0.2, -0.15) is 0 Å². The molecule has 0 aromatic heterocycles. The largest absolute Gasteiger partial charge is 0.315 e. The van der Waals surface area contributed by atoms with Crippen molar-refractivity contribution in [1.82, 2.24) is 10.2 Å². The lowest BCUT2D eigenvalue weighted by atomic mass is 10.1. The summed E-state index contributed by atoms with van der Waals surface area (Å²) in [5.41, 5.74) is 0. The minimum atomic E-state index is 0.859. The molecule has 2 rings (SSSR count). The van der Waals surface area contributed by atoms with Crippen LogP contribution in [0, 0.1) is 0 Å². The van der Waals surface area contributed by atoms with Gasteiger partial charge in [0.05, 0.1) is 0 Å². The Morgan fingerprint density at radius 1 is 1.42 bits per heavy atom. The van der Waals surface area contributed by atoms with Crippen LogP contribution in [-0.2, 0) is 0 Å². The molecular weight excluding hydrogens is 148 g/mol. The van der Waals surface area contributed by atoms with Crippen LogP contribution in [0.15, 0.2) is 0 Å². The zero-order valence-electron chi connectivity index (χ0n) is 8.05. The molecule has 2 heterocycles. The number of likely N-dealkylation sites (tertiary alicyclic amines) is 1. The molecule has 0 aromatic rings. The lowest BCUT2D eigenvalue weighted by molar-refractivity contribution is 0.187. The van der Waals surface area contributed by atoms with Crippen LogP contribution in [0.5, 0.6) is 0 Å². The molecule has 0 radical (unpaired) electrons. The molecule has 2 aliphatic rings. The van der Waals surface area contributed by atoms with Crippen LogP contribution in [0.3, 0.4) is 0 Å². The maximum atomic E-state index is 3.45. The van der Waals surface area contributed by atoms with Gasteiger partial charge in [-0.25, -0.2) is 0 Å². The van der Waals surface area contributed by atoms with E-state index in [1.807, 2.05) is 0 Å². The molecule has 0 saturated carbocycles. The summed E-state index contributed by atoms with van der Waals surface area (Å²) in [6, 6.07) is 1.76. The molecule has 12 heavy (non-hydrogen) atoms. The Bertz CT molecular complexity index is 141. The predicted molar refractivity (Wildman–Crippen MR) is 51.3 cm³/mol. The lowest BCUT2D eigenvalue weighted by Crippen LogP contribution is -2.39. The molecule has 1 N–H and O–H groups in total. The molecule has 0 aliphatic carbocycles. The van der Waals surface area contributed by atoms with Gasteiger partial charge in [0, 0.05) is 18.6 Å². The summed E-state index contributed by atoms with van der Waals surface area (Å²) in [7, 11) is 0. The van der Waals surface area contributed by atoms with E-state index in [1.165, 1.54) is 45.3 Å². The van der Waals surface area contributed by atoms with E-state index in [1.54, 1.807) is 0 Å². The fraction of sp³-hybridized carbons (Fsp3) is 1.00. The number of nitrogens with zero attached hydrogens (tertiary/aromatic N) is 1. The fourth-order valence-corrected chi connectivity index (χ4v) is 2.70. The van der Waals surface area contributed by atoms with Gasteiger partial charge in [-0.15, -0.1) is 0 Å². The predicted octanol–water partition coefficient (Wildman–Crippen LogP) is 1.22. The smallest absolute Gasteiger partial charge is 0.0235 e. The van der Waals surface area contributed by atoms with Gasteiger partial charge in [0.15, 0.2) is 0 Å². The van der Waals surface area contributed by atoms with E-state index in [-0.39, 0.29) is 0 Å². The molecule has 2 saturated heterocycles. The van der Waals surface area contributed by atoms with E-state index in [9.17, 15) is 0 Å². The van der Waals surface area contributed by atoms with E-state index < -0.39 is 0 Å². The van der Waals surface area contributed by atoms with Crippen molar-refractivity contribution >= 4 is 0 Å². The maximum Gasteiger partial charge on any atom is 0.0235 e. The summed E-state index contributed by atoms with van der Waals surface area (Å²) in [6.45, 7) is 6.14. The van der Waals surface area contributed by atoms with Crippen molar-refractivity contribution < 1.29 is 0 Å². The lowest BCUT2D eigenvalue weighted by Gasteiger charge is -2.29. The van der Waals surface area contributed by atoms with Gasteiger partial charge < -0.3 is 5.32 Å². The Morgan fingerprint density at radius 2 is 2.33 bits per heavy atom. The highest BCUT2D eigenvalue weighted by Gasteiger charge is 2.30. The summed E-state index contributed by atoms with van der Waals surface area (Å²) in [4.78, 5) is 2.74. The van der Waals surface area contributed by atoms with Crippen molar-refractivity contribution in [1.29, 1.82) is 0 Å². The SMILES string of the molecule is CCC1CCCN1[C@H]1CCNC1. The van der Waals surface area contributed by atoms with Crippen molar-refractivity contribution in [2.24, 2.45) is 0 Å². The van der Waals surface area contributed by atoms with Crippen LogP contribution < -0.4 is 5.32 Å². The summed E-state index contributed by atoms with van der Waals surface area (Å²) >= 11 is 0. The Kier molecular flexibility index (Phi) is 2.66. The standard InChI is InChI=1S/C10H20N2/c1-2-9-4-3-7-12(9)10-5-6-11-8-10/h9-11H,2-8H2,1H3/t9?,10-/m0/s1. The van der Waals surface area contributed by atoms with Crippen LogP contribution in [0.4, 0.5) is 0 Å². The summed E-state index contributed by atoms with van der Waals surface area (Å²) in [5.74, 6) is 0. The fourth-order valence-electron chi connectivity index (χ4n) is 2.70. The van der Waals surface area contributed by atoms with Gasteiger partial charge in [0.1, 0.15) is 0 Å². The average molecular weight is 168 g/mol. The Labute approximate surface area is 75.3 Å². The summed E-state index contributed by atoms with van der Waals surface area (Å²) < 4.78 is 0. The van der Waals surface area contributed by atoms with Gasteiger partial charge >= 0.3 is 0 Å². The van der Waals surface area contributed by atoms with Crippen LogP contribution in [-0.4, -0.2) is 36.6 Å². The van der Waals surface area contributed by atoms with Crippen molar-refractivity contribution in [3.8, 4) is 0 Å². The molecule has 70 valence electrons. The van der Waals surface area contributed by atoms with Gasteiger partial charge in [-0.3, -0.25) is 4.90 Å². The van der Waals surface area contributed by atoms with Gasteiger partial charge in [-0.1, -0.05) is 6.92 Å². The number of rotatable bonds is 2. The highest BCUT2D eigenvalue weighted by Crippen LogP contribution is 2.24. The molecule has 0 aromatic carbocycles. The molecule has 2 atom stereocenters. The third-order valence-corrected chi connectivity index (χ3v) is 3.40. The number of nitrogens with one attached hydrogen (secondary N) is 1. The first-order valence-electron chi connectivity index (χ1n) is 5.38. The van der Waals surface area contributed by atoms with Gasteiger partial charge in [-0.05, 0) is 38.8 Å². The average Bonchev–Trinajstić information content (AvgIpc) is 2.74. The zero-order valence-corrected chi connectivity index (χ0v) is 8.05. The van der Waals surface area contributed by atoms with Crippen LogP contribution in [0.1, 0.15) is 32.6 Å². The minimum Gasteiger partial charge on any atom is -0.315 e. The molecule has 2 heteroatoms. The molecule has 0 bridgehead atoms. The summed E-state index contributed by atoms with van der Waals surface area (Å²) in [5, 5.41) is 3.45. The normalized spacial score (nSPS) is 37.8. The first-order valence-corrected chi connectivity index (χ1v) is 5.38. The molecule has 0 amide bonds. The highest BCUT2D eigenvalue weighted by atomic mass is 15.2. The minimum absolute atomic E-state index is 0.859. The van der Waals surface area contributed by atoms with Crippen molar-refractivity contribution in [3.05, 3.63) is 0 Å². The van der Waals surface area contributed by atoms with E-state index in [2.05, 4.69) is 17.1 Å². The molecule has 1 unspecified atom stereocenters. The third-order valence-electron chi connectivity index (χ3n) is 3.40. The topological polar surface area (TPSA) is 15.3 Å². The van der Waals surface area contributed by atoms with Crippen molar-refractivity contribution in [2.75, 3.05) is 19.6 Å². The summed E-state index contributed by atoms with van der Waals surface area (Å²) in [6.07, 6.45) is 5.58. The van der Waals surface area contributed by atoms with E-state index in [0.29, 0.717) is 0 Å². The van der Waals surface area contributed by atoms with Gasteiger partial charge in [0.2, 0.25) is 0 Å². The third kappa shape index (κ3) is 1.50. The second kappa shape index (κ2) is 3.75. The van der Waals surface area contributed by atoms with Crippen molar-refractivity contribution in [2.45, 2.75) is 44.7 Å². The van der Waals surface area contributed by atoms with Crippen LogP contribution in [0.25, 0.3) is 0 Å². The van der Waals surface area contributed by atoms with Gasteiger partial charge in [0.25, 0.3) is 0 Å². The van der Waals surface area contributed by atoms with Crippen molar-refractivity contribution in [3.63, 3.8) is 0 Å². The number of hydrogen-bond donors (Lipinski definition) is 1. The second-order valence-electron chi connectivity index (χ2n) is 4.09. The van der Waals surface area contributed by atoms with Crippen LogP contribution >= 0.6 is 0 Å². The van der Waals surface area contributed by atoms with Crippen LogP contribution in [0.2, 0.25) is 0 Å². The first-order chi connectivity index (χ1) is 5.92. The molecule has 2 fully saturated rings. The van der Waals surface area contributed by atoms with E-state index in [0.717, 1.165) is 12.1 Å². The second-order valence-corrected chi connectivity index (χ2v) is 4.09. The van der Waals surface area contributed by atoms with E-state index >= 15 is 0 Å². The monoisotopic (exact) mass is 168 g/mol. The Balaban J connectivity index is 1.92. The molecule has 2 aliphatic heterocycles. The molecule has 2 nitrogen and oxygen atoms in total. The molecular formula is C10H20N2. The molecule has 0 spiro atoms. The maximum absolute atomic E-state index is 3.45. The Morgan fingerprint density at radius 3 is 3.00 bits per heavy atom. The quantitative estimate of drug-likeness (QED) is 0.667. The van der Waals surface area contributed by atoms with E-state index in [4.69, 9.17) is 0 Å². The highest BCUT2D eigenvalue weighted by molar-refractivity contribution is 4.88. The number of hydrogen-bond acceptors (Lipinski definition) is 2.